The first-order valence-corrected chi connectivity index (χ1v) is 6.99. The van der Waals surface area contributed by atoms with Gasteiger partial charge in [0, 0.05) is 12.1 Å². The van der Waals surface area contributed by atoms with Crippen molar-refractivity contribution in [3.8, 4) is 0 Å². The lowest BCUT2D eigenvalue weighted by Gasteiger charge is -2.37. The van der Waals surface area contributed by atoms with Gasteiger partial charge in [0.2, 0.25) is 0 Å². The van der Waals surface area contributed by atoms with Crippen LogP contribution >= 0.6 is 0 Å². The summed E-state index contributed by atoms with van der Waals surface area (Å²) in [6, 6.07) is 1.42. The fraction of sp³-hybridized carbons (Fsp3) is 1.00. The molecule has 94 valence electrons. The van der Waals surface area contributed by atoms with Crippen LogP contribution in [0.4, 0.5) is 0 Å². The maximum Gasteiger partial charge on any atom is 0.0541 e. The topological polar surface area (TPSA) is 32.3 Å². The number of hydrogen-bond donors (Lipinski definition) is 2. The Morgan fingerprint density at radius 3 is 1.94 bits per heavy atom. The summed E-state index contributed by atoms with van der Waals surface area (Å²) < 4.78 is 0. The van der Waals surface area contributed by atoms with Crippen molar-refractivity contribution >= 4 is 0 Å². The van der Waals surface area contributed by atoms with Crippen LogP contribution in [0, 0.1) is 5.41 Å². The van der Waals surface area contributed by atoms with Crippen molar-refractivity contribution in [3.63, 3.8) is 0 Å². The van der Waals surface area contributed by atoms with E-state index in [0.717, 1.165) is 18.9 Å². The summed E-state index contributed by atoms with van der Waals surface area (Å²) in [6.07, 6.45) is 9.70. The molecule has 0 atom stereocenters. The largest absolute Gasteiger partial charge is 0.393 e. The van der Waals surface area contributed by atoms with Crippen LogP contribution < -0.4 is 5.32 Å². The molecule has 2 rings (SSSR count). The predicted molar refractivity (Wildman–Crippen MR) is 67.4 cm³/mol. The SMILES string of the molecule is CC1(C)CCC(NC2CCC(O)CC2)CC1. The zero-order chi connectivity index (χ0) is 11.6. The Bertz CT molecular complexity index is 209. The van der Waals surface area contributed by atoms with E-state index in [-0.39, 0.29) is 6.10 Å². The van der Waals surface area contributed by atoms with E-state index in [0.29, 0.717) is 11.5 Å². The fourth-order valence-electron chi connectivity index (χ4n) is 3.14. The van der Waals surface area contributed by atoms with Crippen LogP contribution in [-0.4, -0.2) is 23.3 Å². The quantitative estimate of drug-likeness (QED) is 0.757. The van der Waals surface area contributed by atoms with Gasteiger partial charge in [-0.05, 0) is 56.8 Å². The molecule has 2 aliphatic rings. The number of nitrogens with one attached hydrogen (secondary N) is 1. The second-order valence-corrected chi connectivity index (χ2v) is 6.61. The van der Waals surface area contributed by atoms with Crippen LogP contribution in [0.15, 0.2) is 0 Å². The van der Waals surface area contributed by atoms with Crippen LogP contribution in [0.2, 0.25) is 0 Å². The zero-order valence-electron chi connectivity index (χ0n) is 10.8. The number of rotatable bonds is 2. The first kappa shape index (κ1) is 12.4. The van der Waals surface area contributed by atoms with Crippen molar-refractivity contribution in [2.24, 2.45) is 5.41 Å². The highest BCUT2D eigenvalue weighted by Crippen LogP contribution is 2.35. The van der Waals surface area contributed by atoms with Crippen LogP contribution in [-0.2, 0) is 0 Å². The van der Waals surface area contributed by atoms with E-state index in [1.54, 1.807) is 0 Å². The number of aliphatic hydroxyl groups excluding tert-OH is 1. The second kappa shape index (κ2) is 5.05. The minimum Gasteiger partial charge on any atom is -0.393 e. The van der Waals surface area contributed by atoms with E-state index in [9.17, 15) is 5.11 Å². The van der Waals surface area contributed by atoms with Crippen molar-refractivity contribution in [2.45, 2.75) is 83.4 Å². The van der Waals surface area contributed by atoms with Gasteiger partial charge in [-0.25, -0.2) is 0 Å². The summed E-state index contributed by atoms with van der Waals surface area (Å²) in [7, 11) is 0. The molecule has 16 heavy (non-hydrogen) atoms. The van der Waals surface area contributed by atoms with Gasteiger partial charge in [0.15, 0.2) is 0 Å². The highest BCUT2D eigenvalue weighted by Gasteiger charge is 2.28. The van der Waals surface area contributed by atoms with Crippen molar-refractivity contribution in [2.75, 3.05) is 0 Å². The molecule has 2 N–H and O–H groups in total. The van der Waals surface area contributed by atoms with Crippen molar-refractivity contribution in [1.29, 1.82) is 0 Å². The summed E-state index contributed by atoms with van der Waals surface area (Å²) in [5.74, 6) is 0. The zero-order valence-corrected chi connectivity index (χ0v) is 10.8. The molecule has 2 nitrogen and oxygen atoms in total. The average molecular weight is 225 g/mol. The maximum absolute atomic E-state index is 9.47. The minimum absolute atomic E-state index is 0.0247. The van der Waals surface area contributed by atoms with Gasteiger partial charge in [-0.2, -0.15) is 0 Å². The summed E-state index contributed by atoms with van der Waals surface area (Å²) >= 11 is 0. The Morgan fingerprint density at radius 2 is 1.38 bits per heavy atom. The van der Waals surface area contributed by atoms with Crippen LogP contribution in [0.1, 0.15) is 65.2 Å². The highest BCUT2D eigenvalue weighted by atomic mass is 16.3. The highest BCUT2D eigenvalue weighted by molar-refractivity contribution is 4.86. The molecule has 2 fully saturated rings. The van der Waals surface area contributed by atoms with Gasteiger partial charge in [-0.1, -0.05) is 13.8 Å². The van der Waals surface area contributed by atoms with Gasteiger partial charge in [0.25, 0.3) is 0 Å². The van der Waals surface area contributed by atoms with Crippen LogP contribution in [0.3, 0.4) is 0 Å². The third-order valence-corrected chi connectivity index (χ3v) is 4.51. The van der Waals surface area contributed by atoms with E-state index < -0.39 is 0 Å². The molecule has 2 saturated carbocycles. The third kappa shape index (κ3) is 3.46. The molecule has 0 aromatic rings. The smallest absolute Gasteiger partial charge is 0.0541 e. The molecule has 0 aromatic heterocycles. The minimum atomic E-state index is -0.0247. The van der Waals surface area contributed by atoms with Crippen molar-refractivity contribution in [1.82, 2.24) is 5.32 Å². The van der Waals surface area contributed by atoms with E-state index in [2.05, 4.69) is 19.2 Å². The second-order valence-electron chi connectivity index (χ2n) is 6.61. The molecule has 0 unspecified atom stereocenters. The first-order chi connectivity index (χ1) is 7.55. The monoisotopic (exact) mass is 225 g/mol. The Hall–Kier alpha value is -0.0800. The fourth-order valence-corrected chi connectivity index (χ4v) is 3.14. The van der Waals surface area contributed by atoms with Gasteiger partial charge < -0.3 is 10.4 Å². The predicted octanol–water partition coefficient (Wildman–Crippen LogP) is 2.85. The molecule has 0 amide bonds. The lowest BCUT2D eigenvalue weighted by atomic mass is 9.75. The van der Waals surface area contributed by atoms with Gasteiger partial charge >= 0.3 is 0 Å². The third-order valence-electron chi connectivity index (χ3n) is 4.51. The van der Waals surface area contributed by atoms with Gasteiger partial charge in [-0.15, -0.1) is 0 Å². The summed E-state index contributed by atoms with van der Waals surface area (Å²) in [4.78, 5) is 0. The Labute approximate surface area is 99.8 Å². The maximum atomic E-state index is 9.47. The molecule has 2 heteroatoms. The molecule has 0 radical (unpaired) electrons. The molecule has 0 aromatic carbocycles. The molecule has 0 heterocycles. The van der Waals surface area contributed by atoms with E-state index in [1.165, 1.54) is 38.5 Å². The summed E-state index contributed by atoms with van der Waals surface area (Å²) in [5.41, 5.74) is 0.570. The average Bonchev–Trinajstić information content (AvgIpc) is 2.24. The normalized spacial score (nSPS) is 36.2. The van der Waals surface area contributed by atoms with Crippen molar-refractivity contribution < 1.29 is 5.11 Å². The van der Waals surface area contributed by atoms with Gasteiger partial charge in [-0.3, -0.25) is 0 Å². The molecule has 0 bridgehead atoms. The Morgan fingerprint density at radius 1 is 0.875 bits per heavy atom. The Balaban J connectivity index is 1.71. The summed E-state index contributed by atoms with van der Waals surface area (Å²) in [6.45, 7) is 4.78. The summed E-state index contributed by atoms with van der Waals surface area (Å²) in [5, 5.41) is 13.3. The molecule has 0 aliphatic heterocycles. The van der Waals surface area contributed by atoms with E-state index in [4.69, 9.17) is 0 Å². The number of hydrogen-bond acceptors (Lipinski definition) is 2. The van der Waals surface area contributed by atoms with Crippen LogP contribution in [0.5, 0.6) is 0 Å². The Kier molecular flexibility index (Phi) is 3.91. The lowest BCUT2D eigenvalue weighted by Crippen LogP contribution is -2.43. The number of aliphatic hydroxyl groups is 1. The molecule has 2 aliphatic carbocycles. The molecular weight excluding hydrogens is 198 g/mol. The lowest BCUT2D eigenvalue weighted by molar-refractivity contribution is 0.108. The first-order valence-electron chi connectivity index (χ1n) is 6.99. The molecule has 0 spiro atoms. The van der Waals surface area contributed by atoms with Gasteiger partial charge in [0.05, 0.1) is 6.10 Å². The van der Waals surface area contributed by atoms with E-state index in [1.807, 2.05) is 0 Å². The molecule has 0 saturated heterocycles. The molecular formula is C14H27NO. The van der Waals surface area contributed by atoms with Crippen molar-refractivity contribution in [3.05, 3.63) is 0 Å². The van der Waals surface area contributed by atoms with E-state index >= 15 is 0 Å². The standard InChI is InChI=1S/C14H27NO/c1-14(2)9-7-12(8-10-14)15-11-3-5-13(16)6-4-11/h11-13,15-16H,3-10H2,1-2H3. The van der Waals surface area contributed by atoms with Gasteiger partial charge in [0.1, 0.15) is 0 Å². The van der Waals surface area contributed by atoms with Crippen LogP contribution in [0.25, 0.3) is 0 Å².